The van der Waals surface area contributed by atoms with Crippen LogP contribution in [0.4, 0.5) is 0 Å². The van der Waals surface area contributed by atoms with Crippen LogP contribution in [0, 0.1) is 0 Å². The summed E-state index contributed by atoms with van der Waals surface area (Å²) in [6.45, 7) is 1.01. The number of hydrogen-bond acceptors (Lipinski definition) is 5. The summed E-state index contributed by atoms with van der Waals surface area (Å²) in [6.07, 6.45) is 0. The highest BCUT2D eigenvalue weighted by atomic mass is 79.9. The number of likely N-dealkylation sites (N-methyl/N-ethyl adjacent to an activating group) is 1. The van der Waals surface area contributed by atoms with Crippen molar-refractivity contribution in [3.8, 4) is 0 Å². The van der Waals surface area contributed by atoms with Gasteiger partial charge in [-0.15, -0.1) is 11.3 Å². The maximum absolute atomic E-state index is 12.2. The van der Waals surface area contributed by atoms with E-state index in [4.69, 9.17) is 10.5 Å². The molecule has 0 saturated heterocycles. The lowest BCUT2D eigenvalue weighted by Crippen LogP contribution is -2.30. The molecule has 0 aliphatic carbocycles. The lowest BCUT2D eigenvalue weighted by atomic mass is 10.5. The van der Waals surface area contributed by atoms with Crippen LogP contribution in [-0.4, -0.2) is 40.0 Å². The monoisotopic (exact) mass is 342 g/mol. The molecule has 0 bridgehead atoms. The SMILES string of the molecule is COCCN(C)S(=O)(=O)c1cc(CN)sc1Br. The zero-order valence-electron chi connectivity index (χ0n) is 9.64. The van der Waals surface area contributed by atoms with Crippen LogP contribution in [0.3, 0.4) is 0 Å². The van der Waals surface area contributed by atoms with Crippen molar-refractivity contribution in [3.63, 3.8) is 0 Å². The number of hydrogen-bond donors (Lipinski definition) is 1. The molecule has 0 amide bonds. The molecule has 17 heavy (non-hydrogen) atoms. The Labute approximate surface area is 114 Å². The molecule has 1 aromatic rings. The van der Waals surface area contributed by atoms with E-state index in [2.05, 4.69) is 15.9 Å². The van der Waals surface area contributed by atoms with Crippen molar-refractivity contribution in [1.82, 2.24) is 4.31 Å². The molecule has 1 aromatic heterocycles. The van der Waals surface area contributed by atoms with E-state index in [1.807, 2.05) is 0 Å². The Bertz CT molecular complexity index is 473. The first-order chi connectivity index (χ1) is 7.93. The number of ether oxygens (including phenoxy) is 1. The fraction of sp³-hybridized carbons (Fsp3) is 0.556. The summed E-state index contributed by atoms with van der Waals surface area (Å²) in [4.78, 5) is 1.09. The van der Waals surface area contributed by atoms with Crippen LogP contribution in [0.1, 0.15) is 4.88 Å². The van der Waals surface area contributed by atoms with Gasteiger partial charge in [0, 0.05) is 32.1 Å². The first-order valence-electron chi connectivity index (χ1n) is 4.87. The molecule has 98 valence electrons. The fourth-order valence-corrected chi connectivity index (χ4v) is 4.84. The van der Waals surface area contributed by atoms with Crippen LogP contribution in [0.15, 0.2) is 14.7 Å². The van der Waals surface area contributed by atoms with E-state index in [-0.39, 0.29) is 4.90 Å². The molecular formula is C9H15BrN2O3S2. The van der Waals surface area contributed by atoms with Gasteiger partial charge in [-0.1, -0.05) is 0 Å². The van der Waals surface area contributed by atoms with Crippen LogP contribution in [0.2, 0.25) is 0 Å². The van der Waals surface area contributed by atoms with Crippen molar-refractivity contribution < 1.29 is 13.2 Å². The fourth-order valence-electron chi connectivity index (χ4n) is 1.18. The van der Waals surface area contributed by atoms with E-state index in [1.54, 1.807) is 6.07 Å². The second-order valence-electron chi connectivity index (χ2n) is 3.37. The van der Waals surface area contributed by atoms with E-state index in [9.17, 15) is 8.42 Å². The normalized spacial score (nSPS) is 12.3. The third-order valence-electron chi connectivity index (χ3n) is 2.21. The van der Waals surface area contributed by atoms with Crippen LogP contribution in [0.25, 0.3) is 0 Å². The quantitative estimate of drug-likeness (QED) is 0.843. The Hall–Kier alpha value is 0.01000. The lowest BCUT2D eigenvalue weighted by molar-refractivity contribution is 0.185. The van der Waals surface area contributed by atoms with E-state index in [0.717, 1.165) is 4.88 Å². The van der Waals surface area contributed by atoms with Crippen molar-refractivity contribution in [1.29, 1.82) is 0 Å². The minimum absolute atomic E-state index is 0.265. The summed E-state index contributed by atoms with van der Waals surface area (Å²) >= 11 is 4.59. The third kappa shape index (κ3) is 3.49. The zero-order chi connectivity index (χ0) is 13.1. The topological polar surface area (TPSA) is 72.6 Å². The average Bonchev–Trinajstić information content (AvgIpc) is 2.67. The van der Waals surface area contributed by atoms with Gasteiger partial charge in [-0.3, -0.25) is 0 Å². The number of nitrogens with zero attached hydrogens (tertiary/aromatic N) is 1. The van der Waals surface area contributed by atoms with Gasteiger partial charge in [0.25, 0.3) is 0 Å². The predicted octanol–water partition coefficient (Wildman–Crippen LogP) is 1.24. The second-order valence-corrected chi connectivity index (χ2v) is 7.84. The number of thiophene rings is 1. The smallest absolute Gasteiger partial charge is 0.244 e. The van der Waals surface area contributed by atoms with Gasteiger partial charge in [-0.2, -0.15) is 4.31 Å². The van der Waals surface area contributed by atoms with E-state index < -0.39 is 10.0 Å². The molecule has 0 aromatic carbocycles. The molecule has 0 radical (unpaired) electrons. The number of nitrogens with two attached hydrogens (primary N) is 1. The standard InChI is InChI=1S/C9H15BrN2O3S2/c1-12(3-4-15-2)17(13,14)8-5-7(6-11)16-9(8)10/h5H,3-4,6,11H2,1-2H3. The maximum Gasteiger partial charge on any atom is 0.244 e. The molecule has 2 N–H and O–H groups in total. The largest absolute Gasteiger partial charge is 0.383 e. The first-order valence-corrected chi connectivity index (χ1v) is 7.92. The van der Waals surface area contributed by atoms with Gasteiger partial charge >= 0.3 is 0 Å². The van der Waals surface area contributed by atoms with Gasteiger partial charge in [-0.05, 0) is 22.0 Å². The van der Waals surface area contributed by atoms with Crippen LogP contribution >= 0.6 is 27.3 Å². The summed E-state index contributed by atoms with van der Waals surface area (Å²) in [5.41, 5.74) is 5.49. The summed E-state index contributed by atoms with van der Waals surface area (Å²) in [7, 11) is -0.406. The Balaban J connectivity index is 2.99. The van der Waals surface area contributed by atoms with Crippen LogP contribution < -0.4 is 5.73 Å². The summed E-state index contributed by atoms with van der Waals surface area (Å²) < 4.78 is 31.1. The van der Waals surface area contributed by atoms with Gasteiger partial charge in [0.1, 0.15) is 4.90 Å². The van der Waals surface area contributed by atoms with Crippen molar-refractivity contribution in [2.75, 3.05) is 27.3 Å². The molecule has 0 spiro atoms. The van der Waals surface area contributed by atoms with Crippen molar-refractivity contribution in [3.05, 3.63) is 14.7 Å². The molecule has 0 fully saturated rings. The van der Waals surface area contributed by atoms with Gasteiger partial charge in [0.05, 0.1) is 10.4 Å². The Morgan fingerprint density at radius 3 is 2.71 bits per heavy atom. The van der Waals surface area contributed by atoms with Crippen molar-refractivity contribution >= 4 is 37.3 Å². The molecule has 0 unspecified atom stereocenters. The van der Waals surface area contributed by atoms with Crippen LogP contribution in [-0.2, 0) is 21.3 Å². The summed E-state index contributed by atoms with van der Waals surface area (Å²) in [6, 6.07) is 1.60. The van der Waals surface area contributed by atoms with Gasteiger partial charge < -0.3 is 10.5 Å². The Morgan fingerprint density at radius 2 is 2.24 bits per heavy atom. The van der Waals surface area contributed by atoms with E-state index >= 15 is 0 Å². The van der Waals surface area contributed by atoms with Gasteiger partial charge in [-0.25, -0.2) is 8.42 Å². The van der Waals surface area contributed by atoms with Gasteiger partial charge in [0.15, 0.2) is 0 Å². The predicted molar refractivity (Wildman–Crippen MR) is 71.6 cm³/mol. The molecule has 5 nitrogen and oxygen atoms in total. The second kappa shape index (κ2) is 6.26. The minimum Gasteiger partial charge on any atom is -0.383 e. The maximum atomic E-state index is 12.2. The molecule has 0 atom stereocenters. The molecule has 1 heterocycles. The van der Waals surface area contributed by atoms with E-state index in [1.165, 1.54) is 29.8 Å². The Morgan fingerprint density at radius 1 is 1.59 bits per heavy atom. The number of sulfonamides is 1. The highest BCUT2D eigenvalue weighted by Crippen LogP contribution is 2.32. The van der Waals surface area contributed by atoms with Crippen molar-refractivity contribution in [2.24, 2.45) is 5.73 Å². The zero-order valence-corrected chi connectivity index (χ0v) is 12.9. The Kier molecular flexibility index (Phi) is 5.55. The lowest BCUT2D eigenvalue weighted by Gasteiger charge is -2.15. The molecule has 0 aliphatic heterocycles. The van der Waals surface area contributed by atoms with E-state index in [0.29, 0.717) is 23.5 Å². The van der Waals surface area contributed by atoms with Crippen LogP contribution in [0.5, 0.6) is 0 Å². The highest BCUT2D eigenvalue weighted by molar-refractivity contribution is 9.11. The number of rotatable bonds is 6. The summed E-state index contributed by atoms with van der Waals surface area (Å²) in [5, 5.41) is 0. The molecular weight excluding hydrogens is 328 g/mol. The molecule has 1 rings (SSSR count). The molecule has 0 aliphatic rings. The summed E-state index contributed by atoms with van der Waals surface area (Å²) in [5.74, 6) is 0. The van der Waals surface area contributed by atoms with Gasteiger partial charge in [0.2, 0.25) is 10.0 Å². The van der Waals surface area contributed by atoms with Crippen molar-refractivity contribution in [2.45, 2.75) is 11.4 Å². The molecule has 0 saturated carbocycles. The first kappa shape index (κ1) is 15.1. The highest BCUT2D eigenvalue weighted by Gasteiger charge is 2.25. The molecule has 8 heteroatoms. The number of halogens is 1. The third-order valence-corrected chi connectivity index (χ3v) is 6.34. The minimum atomic E-state index is -3.47. The number of methoxy groups -OCH3 is 1. The average molecular weight is 343 g/mol.